The second-order valence-electron chi connectivity index (χ2n) is 7.37. The number of pyridine rings is 3. The third-order valence-corrected chi connectivity index (χ3v) is 5.34. The Hall–Kier alpha value is -3.14. The van der Waals surface area contributed by atoms with Crippen molar-refractivity contribution in [3.63, 3.8) is 0 Å². The van der Waals surface area contributed by atoms with Crippen LogP contribution in [0.15, 0.2) is 83.7 Å². The molecule has 161 valence electrons. The molecule has 0 aliphatic heterocycles. The van der Waals surface area contributed by atoms with Crippen LogP contribution in [0.5, 0.6) is 0 Å². The molecule has 4 heterocycles. The van der Waals surface area contributed by atoms with Gasteiger partial charge >= 0.3 is 0 Å². The van der Waals surface area contributed by atoms with Crippen molar-refractivity contribution in [3.8, 4) is 22.5 Å². The van der Waals surface area contributed by atoms with Crippen LogP contribution in [0.25, 0.3) is 33.6 Å². The molecule has 0 N–H and O–H groups in total. The summed E-state index contributed by atoms with van der Waals surface area (Å²) in [5, 5.41) is 0. The van der Waals surface area contributed by atoms with Crippen molar-refractivity contribution in [2.45, 2.75) is 25.7 Å². The van der Waals surface area contributed by atoms with Crippen LogP contribution in [0.2, 0.25) is 0 Å². The standard InChI is InChI=1S/C16H13N2O.C11H8N.Ir/c1-2-7-14-12(5-1)15-16(19-14)11(8-10-18-15)13-6-3-4-9-17-13;1-2-6-10(7-3-1)11-8-4-5-9-12-11;/h3-4,6,9-10H,1-2,5,7H2;1-6,8-9H;/q2*-1;. The monoisotopic (exact) mass is 596 g/mol. The zero-order valence-corrected chi connectivity index (χ0v) is 19.8. The fourth-order valence-electron chi connectivity index (χ4n) is 3.86. The maximum Gasteiger partial charge on any atom is 0.0915 e. The molecular formula is C27H21IrN3O-2. The summed E-state index contributed by atoms with van der Waals surface area (Å²) in [6.07, 6.45) is 9.83. The Labute approximate surface area is 201 Å². The second-order valence-corrected chi connectivity index (χ2v) is 7.37. The summed E-state index contributed by atoms with van der Waals surface area (Å²) in [7, 11) is 0. The summed E-state index contributed by atoms with van der Waals surface area (Å²) < 4.78 is 6.04. The minimum Gasteiger partial charge on any atom is -0.517 e. The molecule has 5 aromatic rings. The molecule has 1 aromatic carbocycles. The van der Waals surface area contributed by atoms with Crippen LogP contribution in [-0.2, 0) is 32.9 Å². The normalized spacial score (nSPS) is 12.2. The van der Waals surface area contributed by atoms with Crippen molar-refractivity contribution < 1.29 is 24.5 Å². The van der Waals surface area contributed by atoms with E-state index in [2.05, 4.69) is 27.1 Å². The molecule has 1 aliphatic rings. The van der Waals surface area contributed by atoms with Crippen LogP contribution in [0, 0.1) is 12.1 Å². The van der Waals surface area contributed by atoms with Crippen molar-refractivity contribution in [1.29, 1.82) is 0 Å². The van der Waals surface area contributed by atoms with Gasteiger partial charge in [0.15, 0.2) is 0 Å². The number of aryl methyl sites for hydroxylation is 2. The van der Waals surface area contributed by atoms with Gasteiger partial charge in [-0.2, -0.15) is 6.07 Å². The van der Waals surface area contributed by atoms with E-state index in [1.807, 2.05) is 60.7 Å². The van der Waals surface area contributed by atoms with Gasteiger partial charge in [-0.05, 0) is 49.0 Å². The zero-order valence-electron chi connectivity index (χ0n) is 17.4. The Morgan fingerprint density at radius 3 is 2.22 bits per heavy atom. The molecule has 0 amide bonds. The van der Waals surface area contributed by atoms with Crippen molar-refractivity contribution >= 4 is 11.1 Å². The van der Waals surface area contributed by atoms with Crippen LogP contribution in [0.3, 0.4) is 0 Å². The molecule has 6 rings (SSSR count). The number of fused-ring (bicyclic) bond motifs is 3. The molecule has 0 saturated carbocycles. The summed E-state index contributed by atoms with van der Waals surface area (Å²) in [5.74, 6) is 1.10. The molecule has 4 aromatic heterocycles. The Kier molecular flexibility index (Phi) is 7.21. The fraction of sp³-hybridized carbons (Fsp3) is 0.148. The molecule has 5 heteroatoms. The Morgan fingerprint density at radius 2 is 1.50 bits per heavy atom. The molecule has 32 heavy (non-hydrogen) atoms. The molecule has 1 radical (unpaired) electrons. The van der Waals surface area contributed by atoms with E-state index >= 15 is 0 Å². The van der Waals surface area contributed by atoms with E-state index in [0.717, 1.165) is 52.2 Å². The minimum atomic E-state index is 0. The van der Waals surface area contributed by atoms with Gasteiger partial charge in [-0.1, -0.05) is 24.3 Å². The summed E-state index contributed by atoms with van der Waals surface area (Å²) in [6.45, 7) is 0. The maximum absolute atomic E-state index is 6.04. The first kappa shape index (κ1) is 22.1. The number of hydrogen-bond acceptors (Lipinski definition) is 4. The van der Waals surface area contributed by atoms with E-state index in [4.69, 9.17) is 4.42 Å². The molecule has 0 bridgehead atoms. The first-order valence-corrected chi connectivity index (χ1v) is 10.5. The maximum atomic E-state index is 6.04. The Balaban J connectivity index is 0.000000164. The molecule has 0 atom stereocenters. The van der Waals surface area contributed by atoms with Crippen molar-refractivity contribution in [1.82, 2.24) is 15.0 Å². The van der Waals surface area contributed by atoms with Crippen molar-refractivity contribution in [2.75, 3.05) is 0 Å². The minimum absolute atomic E-state index is 0. The van der Waals surface area contributed by atoms with Gasteiger partial charge in [-0.15, -0.1) is 41.5 Å². The molecular weight excluding hydrogens is 575 g/mol. The van der Waals surface area contributed by atoms with E-state index in [-0.39, 0.29) is 20.1 Å². The number of hydrogen-bond donors (Lipinski definition) is 0. The van der Waals surface area contributed by atoms with Crippen LogP contribution in [0.4, 0.5) is 0 Å². The van der Waals surface area contributed by atoms with Gasteiger partial charge in [0.25, 0.3) is 0 Å². The Bertz CT molecular complexity index is 1230. The summed E-state index contributed by atoms with van der Waals surface area (Å²) in [6, 6.07) is 25.9. The molecule has 1 aliphatic carbocycles. The fourth-order valence-corrected chi connectivity index (χ4v) is 3.86. The average molecular weight is 596 g/mol. The van der Waals surface area contributed by atoms with Crippen LogP contribution >= 0.6 is 0 Å². The summed E-state index contributed by atoms with van der Waals surface area (Å²) in [5.41, 5.74) is 6.94. The van der Waals surface area contributed by atoms with E-state index in [9.17, 15) is 0 Å². The predicted octanol–water partition coefficient (Wildman–Crippen LogP) is 6.12. The van der Waals surface area contributed by atoms with Crippen LogP contribution < -0.4 is 0 Å². The van der Waals surface area contributed by atoms with E-state index in [1.54, 1.807) is 18.6 Å². The quantitative estimate of drug-likeness (QED) is 0.231. The smallest absolute Gasteiger partial charge is 0.0915 e. The molecule has 0 unspecified atom stereocenters. The summed E-state index contributed by atoms with van der Waals surface area (Å²) in [4.78, 5) is 13.1. The first-order valence-electron chi connectivity index (χ1n) is 10.5. The average Bonchev–Trinajstić information content (AvgIpc) is 3.25. The molecule has 0 saturated heterocycles. The Morgan fingerprint density at radius 1 is 0.750 bits per heavy atom. The van der Waals surface area contributed by atoms with Crippen molar-refractivity contribution in [3.05, 3.63) is 103 Å². The predicted molar refractivity (Wildman–Crippen MR) is 121 cm³/mol. The third kappa shape index (κ3) is 4.69. The van der Waals surface area contributed by atoms with Gasteiger partial charge in [-0.3, -0.25) is 4.98 Å². The van der Waals surface area contributed by atoms with Crippen LogP contribution in [0.1, 0.15) is 24.2 Å². The number of nitrogens with zero attached hydrogens (tertiary/aromatic N) is 3. The number of benzene rings is 1. The van der Waals surface area contributed by atoms with Gasteiger partial charge in [-0.25, -0.2) is 0 Å². The molecule has 4 nitrogen and oxygen atoms in total. The van der Waals surface area contributed by atoms with E-state index in [1.165, 1.54) is 18.4 Å². The largest absolute Gasteiger partial charge is 0.517 e. The van der Waals surface area contributed by atoms with Crippen molar-refractivity contribution in [2.24, 2.45) is 0 Å². The third-order valence-electron chi connectivity index (χ3n) is 5.34. The van der Waals surface area contributed by atoms with Gasteiger partial charge in [0.05, 0.1) is 11.3 Å². The van der Waals surface area contributed by atoms with Gasteiger partial charge in [0.2, 0.25) is 0 Å². The van der Waals surface area contributed by atoms with Gasteiger partial charge in [0, 0.05) is 50.1 Å². The summed E-state index contributed by atoms with van der Waals surface area (Å²) >= 11 is 0. The molecule has 0 spiro atoms. The number of furan rings is 1. The van der Waals surface area contributed by atoms with E-state index in [0.29, 0.717) is 0 Å². The van der Waals surface area contributed by atoms with Gasteiger partial charge < -0.3 is 14.4 Å². The second kappa shape index (κ2) is 10.4. The molecule has 0 fully saturated rings. The van der Waals surface area contributed by atoms with Crippen LogP contribution in [-0.4, -0.2) is 15.0 Å². The van der Waals surface area contributed by atoms with E-state index < -0.39 is 0 Å². The number of rotatable bonds is 2. The zero-order chi connectivity index (χ0) is 20.9. The number of aromatic nitrogens is 3. The SMILES string of the molecule is [Ir].[c-]1ccccc1-c1ccccn1.[c-]1cnc2c3c(oc2c1-c1ccccn1)CCCC3. The topological polar surface area (TPSA) is 51.8 Å². The first-order chi connectivity index (χ1) is 15.4. The van der Waals surface area contributed by atoms with Gasteiger partial charge in [0.1, 0.15) is 0 Å².